The van der Waals surface area contributed by atoms with Gasteiger partial charge in [-0.2, -0.15) is 0 Å². The van der Waals surface area contributed by atoms with Crippen LogP contribution in [0.1, 0.15) is 32.6 Å². The molecule has 2 aliphatic rings. The molecule has 2 saturated carbocycles. The van der Waals surface area contributed by atoms with Crippen molar-refractivity contribution in [2.24, 2.45) is 16.8 Å². The summed E-state index contributed by atoms with van der Waals surface area (Å²) in [5.41, 5.74) is 0. The molecular formula is C13H25N3O. The normalized spacial score (nSPS) is 20.4. The highest BCUT2D eigenvalue weighted by Crippen LogP contribution is 2.29. The van der Waals surface area contributed by atoms with E-state index in [1.54, 1.807) is 0 Å². The number of ether oxygens (including phenoxy) is 1. The molecular weight excluding hydrogens is 214 g/mol. The minimum atomic E-state index is 0.782. The zero-order chi connectivity index (χ0) is 11.9. The van der Waals surface area contributed by atoms with Gasteiger partial charge < -0.3 is 15.4 Å². The van der Waals surface area contributed by atoms with Crippen LogP contribution < -0.4 is 10.6 Å². The summed E-state index contributed by atoms with van der Waals surface area (Å²) in [6.45, 7) is 6.56. The predicted molar refractivity (Wildman–Crippen MR) is 70.2 cm³/mol. The zero-order valence-electron chi connectivity index (χ0n) is 10.9. The first-order chi connectivity index (χ1) is 8.38. The molecule has 0 aliphatic heterocycles. The number of nitrogens with zero attached hydrogens (tertiary/aromatic N) is 1. The summed E-state index contributed by atoms with van der Waals surface area (Å²) in [4.78, 5) is 4.56. The Bertz CT molecular complexity index is 247. The van der Waals surface area contributed by atoms with Gasteiger partial charge in [0.15, 0.2) is 5.96 Å². The lowest BCUT2D eigenvalue weighted by Crippen LogP contribution is -2.39. The van der Waals surface area contributed by atoms with Crippen molar-refractivity contribution in [3.05, 3.63) is 0 Å². The second-order valence-corrected chi connectivity index (χ2v) is 5.11. The summed E-state index contributed by atoms with van der Waals surface area (Å²) >= 11 is 0. The average molecular weight is 239 g/mol. The molecule has 2 N–H and O–H groups in total. The van der Waals surface area contributed by atoms with E-state index in [4.69, 9.17) is 4.74 Å². The quantitative estimate of drug-likeness (QED) is 0.382. The third-order valence-corrected chi connectivity index (χ3v) is 3.14. The molecule has 17 heavy (non-hydrogen) atoms. The fourth-order valence-corrected chi connectivity index (χ4v) is 1.64. The number of rotatable bonds is 8. The van der Waals surface area contributed by atoms with Gasteiger partial charge in [-0.25, -0.2) is 0 Å². The van der Waals surface area contributed by atoms with Gasteiger partial charge in [0.2, 0.25) is 0 Å². The van der Waals surface area contributed by atoms with Crippen molar-refractivity contribution >= 4 is 5.96 Å². The maximum atomic E-state index is 5.58. The van der Waals surface area contributed by atoms with Crippen LogP contribution in [0.5, 0.6) is 0 Å². The van der Waals surface area contributed by atoms with Crippen molar-refractivity contribution in [3.8, 4) is 0 Å². The van der Waals surface area contributed by atoms with Gasteiger partial charge in [0.25, 0.3) is 0 Å². The molecule has 2 fully saturated rings. The zero-order valence-corrected chi connectivity index (χ0v) is 10.9. The van der Waals surface area contributed by atoms with Crippen LogP contribution in [0.15, 0.2) is 4.99 Å². The van der Waals surface area contributed by atoms with Gasteiger partial charge in [-0.3, -0.25) is 4.99 Å². The third kappa shape index (κ3) is 5.91. The highest BCUT2D eigenvalue weighted by molar-refractivity contribution is 5.79. The van der Waals surface area contributed by atoms with Crippen LogP contribution in [-0.4, -0.2) is 38.8 Å². The highest BCUT2D eigenvalue weighted by atomic mass is 16.5. The van der Waals surface area contributed by atoms with Crippen molar-refractivity contribution in [3.63, 3.8) is 0 Å². The van der Waals surface area contributed by atoms with Crippen LogP contribution in [0.2, 0.25) is 0 Å². The molecule has 0 heterocycles. The first kappa shape index (κ1) is 12.7. The van der Waals surface area contributed by atoms with Crippen LogP contribution in [0.3, 0.4) is 0 Å². The molecule has 2 aliphatic carbocycles. The first-order valence-electron chi connectivity index (χ1n) is 6.98. The average Bonchev–Trinajstić information content (AvgIpc) is 3.18. The van der Waals surface area contributed by atoms with E-state index in [1.807, 2.05) is 0 Å². The van der Waals surface area contributed by atoms with E-state index in [1.165, 1.54) is 25.7 Å². The van der Waals surface area contributed by atoms with Crippen molar-refractivity contribution in [1.29, 1.82) is 0 Å². The lowest BCUT2D eigenvalue weighted by Gasteiger charge is -2.11. The van der Waals surface area contributed by atoms with Gasteiger partial charge in [-0.1, -0.05) is 0 Å². The third-order valence-electron chi connectivity index (χ3n) is 3.14. The van der Waals surface area contributed by atoms with Gasteiger partial charge in [-0.05, 0) is 44.4 Å². The summed E-state index contributed by atoms with van der Waals surface area (Å²) in [5.74, 6) is 2.64. The second-order valence-electron chi connectivity index (χ2n) is 5.11. The molecule has 0 saturated heterocycles. The van der Waals surface area contributed by atoms with Gasteiger partial charge in [0.1, 0.15) is 0 Å². The van der Waals surface area contributed by atoms with E-state index in [0.717, 1.165) is 50.6 Å². The van der Waals surface area contributed by atoms with Crippen molar-refractivity contribution in [1.82, 2.24) is 10.6 Å². The number of aliphatic imine (C=N–C) groups is 1. The summed E-state index contributed by atoms with van der Waals surface area (Å²) in [6.07, 6.45) is 5.43. The molecule has 4 heteroatoms. The van der Waals surface area contributed by atoms with Gasteiger partial charge in [-0.15, -0.1) is 0 Å². The van der Waals surface area contributed by atoms with E-state index in [2.05, 4.69) is 22.5 Å². The minimum Gasteiger partial charge on any atom is -0.379 e. The summed E-state index contributed by atoms with van der Waals surface area (Å²) in [7, 11) is 0. The highest BCUT2D eigenvalue weighted by Gasteiger charge is 2.21. The summed E-state index contributed by atoms with van der Waals surface area (Å²) in [6, 6.07) is 0. The largest absolute Gasteiger partial charge is 0.379 e. The second kappa shape index (κ2) is 6.84. The van der Waals surface area contributed by atoms with Gasteiger partial charge >= 0.3 is 0 Å². The fourth-order valence-electron chi connectivity index (χ4n) is 1.64. The van der Waals surface area contributed by atoms with Crippen molar-refractivity contribution in [2.75, 3.05) is 32.8 Å². The molecule has 0 bridgehead atoms. The van der Waals surface area contributed by atoms with Crippen LogP contribution in [0.25, 0.3) is 0 Å². The molecule has 2 rings (SSSR count). The maximum absolute atomic E-state index is 5.58. The molecule has 0 aromatic heterocycles. The Morgan fingerprint density at radius 2 is 1.94 bits per heavy atom. The fraction of sp³-hybridized carbons (Fsp3) is 0.923. The smallest absolute Gasteiger partial charge is 0.191 e. The van der Waals surface area contributed by atoms with Crippen molar-refractivity contribution in [2.45, 2.75) is 32.6 Å². The molecule has 0 aromatic rings. The van der Waals surface area contributed by atoms with Gasteiger partial charge in [0, 0.05) is 26.2 Å². The van der Waals surface area contributed by atoms with Crippen molar-refractivity contribution < 1.29 is 4.74 Å². The molecule has 0 unspecified atom stereocenters. The number of hydrogen-bond acceptors (Lipinski definition) is 2. The molecule has 0 atom stereocenters. The lowest BCUT2D eigenvalue weighted by molar-refractivity contribution is 0.129. The molecule has 0 spiro atoms. The van der Waals surface area contributed by atoms with E-state index in [0.29, 0.717) is 0 Å². The SMILES string of the molecule is CCNC(=NCC1CC1)NCCOCC1CC1. The van der Waals surface area contributed by atoms with Crippen LogP contribution in [0.4, 0.5) is 0 Å². The van der Waals surface area contributed by atoms with E-state index in [-0.39, 0.29) is 0 Å². The Morgan fingerprint density at radius 1 is 1.18 bits per heavy atom. The Balaban J connectivity index is 1.52. The van der Waals surface area contributed by atoms with E-state index < -0.39 is 0 Å². The predicted octanol–water partition coefficient (Wildman–Crippen LogP) is 1.38. The van der Waals surface area contributed by atoms with Crippen LogP contribution >= 0.6 is 0 Å². The number of hydrogen-bond donors (Lipinski definition) is 2. The molecule has 4 nitrogen and oxygen atoms in total. The van der Waals surface area contributed by atoms with Gasteiger partial charge in [0.05, 0.1) is 6.61 Å². The Labute approximate surface area is 104 Å². The number of guanidine groups is 1. The topological polar surface area (TPSA) is 45.7 Å². The summed E-state index contributed by atoms with van der Waals surface area (Å²) in [5, 5.41) is 6.57. The lowest BCUT2D eigenvalue weighted by atomic mass is 10.4. The summed E-state index contributed by atoms with van der Waals surface area (Å²) < 4.78 is 5.58. The Kier molecular flexibility index (Phi) is 5.10. The van der Waals surface area contributed by atoms with E-state index >= 15 is 0 Å². The molecule has 98 valence electrons. The van der Waals surface area contributed by atoms with Crippen LogP contribution in [-0.2, 0) is 4.74 Å². The molecule has 0 aromatic carbocycles. The maximum Gasteiger partial charge on any atom is 0.191 e. The van der Waals surface area contributed by atoms with Crippen LogP contribution in [0, 0.1) is 11.8 Å². The van der Waals surface area contributed by atoms with E-state index in [9.17, 15) is 0 Å². The molecule has 0 radical (unpaired) electrons. The Hall–Kier alpha value is -0.770. The minimum absolute atomic E-state index is 0.782. The monoisotopic (exact) mass is 239 g/mol. The Morgan fingerprint density at radius 3 is 2.59 bits per heavy atom. The number of nitrogens with one attached hydrogen (secondary N) is 2. The first-order valence-corrected chi connectivity index (χ1v) is 6.98. The standard InChI is InChI=1S/C13H25N3O/c1-2-14-13(16-9-11-3-4-11)15-7-8-17-10-12-5-6-12/h11-12H,2-10H2,1H3,(H2,14,15,16). The molecule has 0 amide bonds.